The smallest absolute Gasteiger partial charge is 0.0839 e. The zero-order valence-corrected chi connectivity index (χ0v) is 7.02. The van der Waals surface area contributed by atoms with E-state index in [1.165, 1.54) is 0 Å². The first-order valence-corrected chi connectivity index (χ1v) is 3.84. The van der Waals surface area contributed by atoms with Crippen LogP contribution in [-0.4, -0.2) is 10.9 Å². The molecule has 2 heteroatoms. The van der Waals surface area contributed by atoms with Crippen LogP contribution < -0.4 is 0 Å². The van der Waals surface area contributed by atoms with Gasteiger partial charge in [-0.2, -0.15) is 0 Å². The first-order chi connectivity index (χ1) is 5.33. The lowest BCUT2D eigenvalue weighted by Gasteiger charge is -1.89. The van der Waals surface area contributed by atoms with Crippen molar-refractivity contribution in [2.24, 2.45) is 0 Å². The Hall–Kier alpha value is -1.00. The van der Waals surface area contributed by atoms with Crippen LogP contribution in [0.15, 0.2) is 18.3 Å². The number of hydrogen-bond donors (Lipinski definition) is 0. The fourth-order valence-electron chi connectivity index (χ4n) is 0.677. The first kappa shape index (κ1) is 8.10. The number of hydrogen-bond acceptors (Lipinski definition) is 1. The highest BCUT2D eigenvalue weighted by Crippen LogP contribution is 1.96. The number of pyridine rings is 1. The topological polar surface area (TPSA) is 12.9 Å². The number of nitrogens with zero attached hydrogens (tertiary/aromatic N) is 1. The zero-order chi connectivity index (χ0) is 8.10. The molecule has 0 bridgehead atoms. The van der Waals surface area contributed by atoms with E-state index in [0.717, 1.165) is 11.3 Å². The molecular weight excluding hydrogens is 158 g/mol. The molecule has 56 valence electrons. The average Bonchev–Trinajstić information content (AvgIpc) is 2.04. The molecule has 0 atom stereocenters. The van der Waals surface area contributed by atoms with E-state index in [9.17, 15) is 0 Å². The molecule has 0 aliphatic carbocycles. The Balaban J connectivity index is 2.82. The standard InChI is InChI=1S/C9H8ClN/c1-8-4-5-9(7-11-8)3-2-6-10/h4-5,7H,6H2,1H3. The van der Waals surface area contributed by atoms with Gasteiger partial charge in [0.2, 0.25) is 0 Å². The second-order valence-corrected chi connectivity index (χ2v) is 2.39. The van der Waals surface area contributed by atoms with E-state index in [-0.39, 0.29) is 0 Å². The second kappa shape index (κ2) is 4.00. The summed E-state index contributed by atoms with van der Waals surface area (Å²) in [6.45, 7) is 1.94. The molecule has 11 heavy (non-hydrogen) atoms. The Morgan fingerprint density at radius 1 is 1.55 bits per heavy atom. The van der Waals surface area contributed by atoms with E-state index in [0.29, 0.717) is 5.88 Å². The van der Waals surface area contributed by atoms with E-state index < -0.39 is 0 Å². The number of rotatable bonds is 0. The number of aryl methyl sites for hydroxylation is 1. The van der Waals surface area contributed by atoms with Gasteiger partial charge in [-0.05, 0) is 19.1 Å². The normalized spacial score (nSPS) is 8.55. The van der Waals surface area contributed by atoms with Crippen molar-refractivity contribution in [3.63, 3.8) is 0 Å². The predicted octanol–water partition coefficient (Wildman–Crippen LogP) is 1.98. The van der Waals surface area contributed by atoms with Gasteiger partial charge < -0.3 is 0 Å². The number of alkyl halides is 1. The van der Waals surface area contributed by atoms with Crippen LogP contribution >= 0.6 is 11.6 Å². The first-order valence-electron chi connectivity index (χ1n) is 3.30. The van der Waals surface area contributed by atoms with Gasteiger partial charge in [-0.25, -0.2) is 0 Å². The minimum atomic E-state index is 0.369. The molecule has 1 rings (SSSR count). The summed E-state index contributed by atoms with van der Waals surface area (Å²) in [6, 6.07) is 3.86. The molecule has 0 spiro atoms. The van der Waals surface area contributed by atoms with Gasteiger partial charge in [0.05, 0.1) is 5.88 Å². The van der Waals surface area contributed by atoms with Gasteiger partial charge in [-0.1, -0.05) is 11.8 Å². The molecule has 0 aliphatic heterocycles. The molecule has 0 radical (unpaired) electrons. The Kier molecular flexibility index (Phi) is 2.95. The number of halogens is 1. The Labute approximate surface area is 71.4 Å². The van der Waals surface area contributed by atoms with E-state index in [2.05, 4.69) is 16.8 Å². The molecule has 0 aromatic carbocycles. The van der Waals surface area contributed by atoms with Crippen molar-refractivity contribution in [2.75, 3.05) is 5.88 Å². The molecule has 1 aromatic rings. The summed E-state index contributed by atoms with van der Waals surface area (Å²) in [5.41, 5.74) is 1.91. The third-order valence-electron chi connectivity index (χ3n) is 1.21. The lowest BCUT2D eigenvalue weighted by molar-refractivity contribution is 1.19. The summed E-state index contributed by atoms with van der Waals surface area (Å²) < 4.78 is 0. The predicted molar refractivity (Wildman–Crippen MR) is 46.6 cm³/mol. The van der Waals surface area contributed by atoms with Crippen LogP contribution in [0, 0.1) is 18.8 Å². The van der Waals surface area contributed by atoms with Gasteiger partial charge in [0.15, 0.2) is 0 Å². The van der Waals surface area contributed by atoms with Crippen molar-refractivity contribution in [3.8, 4) is 11.8 Å². The molecule has 0 saturated carbocycles. The lowest BCUT2D eigenvalue weighted by Crippen LogP contribution is -1.80. The summed E-state index contributed by atoms with van der Waals surface area (Å²) in [5, 5.41) is 0. The SMILES string of the molecule is Cc1ccc(C#CCCl)cn1. The van der Waals surface area contributed by atoms with Crippen LogP contribution in [0.5, 0.6) is 0 Å². The molecule has 1 heterocycles. The molecule has 0 saturated heterocycles. The molecule has 1 aromatic heterocycles. The Morgan fingerprint density at radius 3 is 2.91 bits per heavy atom. The van der Waals surface area contributed by atoms with Crippen molar-refractivity contribution < 1.29 is 0 Å². The molecule has 0 amide bonds. The maximum Gasteiger partial charge on any atom is 0.0839 e. The van der Waals surface area contributed by atoms with Gasteiger partial charge in [-0.3, -0.25) is 4.98 Å². The third-order valence-corrected chi connectivity index (χ3v) is 1.34. The molecule has 0 fully saturated rings. The summed E-state index contributed by atoms with van der Waals surface area (Å²) >= 11 is 5.39. The third kappa shape index (κ3) is 2.61. The van der Waals surface area contributed by atoms with Crippen LogP contribution in [0.4, 0.5) is 0 Å². The summed E-state index contributed by atoms with van der Waals surface area (Å²) in [4.78, 5) is 4.09. The quantitative estimate of drug-likeness (QED) is 0.423. The van der Waals surface area contributed by atoms with Gasteiger partial charge in [0.25, 0.3) is 0 Å². The largest absolute Gasteiger partial charge is 0.260 e. The molecule has 1 nitrogen and oxygen atoms in total. The van der Waals surface area contributed by atoms with Crippen molar-refractivity contribution in [1.82, 2.24) is 4.98 Å². The van der Waals surface area contributed by atoms with Crippen LogP contribution in [0.25, 0.3) is 0 Å². The van der Waals surface area contributed by atoms with Gasteiger partial charge in [0, 0.05) is 17.5 Å². The fraction of sp³-hybridized carbons (Fsp3) is 0.222. The minimum Gasteiger partial charge on any atom is -0.260 e. The second-order valence-electron chi connectivity index (χ2n) is 2.12. The van der Waals surface area contributed by atoms with Crippen LogP contribution in [-0.2, 0) is 0 Å². The Morgan fingerprint density at radius 2 is 2.36 bits per heavy atom. The zero-order valence-electron chi connectivity index (χ0n) is 6.26. The highest BCUT2D eigenvalue weighted by molar-refractivity contribution is 6.19. The fourth-order valence-corrected chi connectivity index (χ4v) is 0.744. The molecule has 0 unspecified atom stereocenters. The van der Waals surface area contributed by atoms with Gasteiger partial charge in [0.1, 0.15) is 0 Å². The summed E-state index contributed by atoms with van der Waals surface area (Å²) in [6.07, 6.45) is 1.74. The van der Waals surface area contributed by atoms with Crippen LogP contribution in [0.3, 0.4) is 0 Å². The lowest BCUT2D eigenvalue weighted by atomic mass is 10.2. The van der Waals surface area contributed by atoms with E-state index in [1.54, 1.807) is 6.20 Å². The monoisotopic (exact) mass is 165 g/mol. The highest BCUT2D eigenvalue weighted by atomic mass is 35.5. The summed E-state index contributed by atoms with van der Waals surface area (Å²) in [7, 11) is 0. The Bertz CT molecular complexity index is 279. The van der Waals surface area contributed by atoms with Crippen molar-refractivity contribution >= 4 is 11.6 Å². The molecular formula is C9H8ClN. The van der Waals surface area contributed by atoms with Crippen LogP contribution in [0.1, 0.15) is 11.3 Å². The molecule has 0 aliphatic rings. The van der Waals surface area contributed by atoms with Crippen molar-refractivity contribution in [3.05, 3.63) is 29.6 Å². The van der Waals surface area contributed by atoms with Crippen LogP contribution in [0.2, 0.25) is 0 Å². The maximum absolute atomic E-state index is 5.39. The highest BCUT2D eigenvalue weighted by Gasteiger charge is 1.85. The van der Waals surface area contributed by atoms with E-state index in [4.69, 9.17) is 11.6 Å². The summed E-state index contributed by atoms with van der Waals surface area (Å²) in [5.74, 6) is 6.01. The number of aromatic nitrogens is 1. The van der Waals surface area contributed by atoms with E-state index >= 15 is 0 Å². The maximum atomic E-state index is 5.39. The van der Waals surface area contributed by atoms with Gasteiger partial charge in [-0.15, -0.1) is 11.6 Å². The van der Waals surface area contributed by atoms with E-state index in [1.807, 2.05) is 19.1 Å². The molecule has 0 N–H and O–H groups in total. The minimum absolute atomic E-state index is 0.369. The van der Waals surface area contributed by atoms with Crippen molar-refractivity contribution in [1.29, 1.82) is 0 Å². The average molecular weight is 166 g/mol. The van der Waals surface area contributed by atoms with Gasteiger partial charge >= 0.3 is 0 Å². The van der Waals surface area contributed by atoms with Crippen molar-refractivity contribution in [2.45, 2.75) is 6.92 Å².